The van der Waals surface area contributed by atoms with Crippen LogP contribution in [0.15, 0.2) is 69.4 Å². The van der Waals surface area contributed by atoms with E-state index in [0.717, 1.165) is 11.1 Å². The van der Waals surface area contributed by atoms with Gasteiger partial charge in [-0.25, -0.2) is 4.99 Å². The number of hydrogen-bond acceptors (Lipinski definition) is 4. The van der Waals surface area contributed by atoms with Gasteiger partial charge < -0.3 is 14.2 Å². The number of allylic oxidation sites excluding steroid dienone is 3. The third kappa shape index (κ3) is 4.32. The quantitative estimate of drug-likeness (QED) is 0.456. The molecule has 120 valence electrons. The minimum atomic E-state index is 0.448. The Kier molecular flexibility index (Phi) is 5.74. The fourth-order valence-electron chi connectivity index (χ4n) is 2.14. The maximum atomic E-state index is 5.92. The lowest BCUT2D eigenvalue weighted by Crippen LogP contribution is -2.05. The van der Waals surface area contributed by atoms with Crippen molar-refractivity contribution in [3.63, 3.8) is 0 Å². The third-order valence-electron chi connectivity index (χ3n) is 3.23. The normalized spacial score (nSPS) is 16.5. The van der Waals surface area contributed by atoms with Crippen LogP contribution >= 0.6 is 0 Å². The zero-order valence-electron chi connectivity index (χ0n) is 13.6. The van der Waals surface area contributed by atoms with E-state index in [1.807, 2.05) is 43.3 Å². The Balaban J connectivity index is 2.38. The third-order valence-corrected chi connectivity index (χ3v) is 3.23. The summed E-state index contributed by atoms with van der Waals surface area (Å²) in [6.45, 7) is 5.41. The van der Waals surface area contributed by atoms with E-state index in [-0.39, 0.29) is 0 Å². The van der Waals surface area contributed by atoms with Crippen LogP contribution in [0.1, 0.15) is 12.0 Å². The van der Waals surface area contributed by atoms with Gasteiger partial charge in [0.15, 0.2) is 11.5 Å². The second-order valence-corrected chi connectivity index (χ2v) is 4.87. The first-order valence-electron chi connectivity index (χ1n) is 7.14. The number of nitrogens with zero attached hydrogens (tertiary/aromatic N) is 2. The lowest BCUT2D eigenvalue weighted by molar-refractivity contribution is 0.217. The Hall–Kier alpha value is -2.82. The number of hydrogen-bond donors (Lipinski definition) is 0. The minimum Gasteiger partial charge on any atom is -0.493 e. The van der Waals surface area contributed by atoms with Crippen LogP contribution in [0.3, 0.4) is 0 Å². The van der Waals surface area contributed by atoms with Gasteiger partial charge in [0.05, 0.1) is 14.2 Å². The second kappa shape index (κ2) is 7.98. The number of methoxy groups -OCH3 is 2. The zero-order chi connectivity index (χ0) is 16.7. The fraction of sp³-hybridized carbons (Fsp3) is 0.222. The van der Waals surface area contributed by atoms with Gasteiger partial charge in [-0.15, -0.1) is 0 Å². The first-order valence-corrected chi connectivity index (χ1v) is 7.14. The fourth-order valence-corrected chi connectivity index (χ4v) is 2.14. The molecule has 0 amide bonds. The first-order chi connectivity index (χ1) is 11.2. The van der Waals surface area contributed by atoms with E-state index in [2.05, 4.69) is 16.7 Å². The summed E-state index contributed by atoms with van der Waals surface area (Å²) in [7, 11) is 3.20. The van der Waals surface area contributed by atoms with Crippen molar-refractivity contribution in [2.75, 3.05) is 14.2 Å². The lowest BCUT2D eigenvalue weighted by Gasteiger charge is -2.17. The van der Waals surface area contributed by atoms with Crippen molar-refractivity contribution in [1.82, 2.24) is 0 Å². The van der Waals surface area contributed by atoms with Crippen LogP contribution in [-0.2, 0) is 9.47 Å². The van der Waals surface area contributed by atoms with Gasteiger partial charge in [-0.3, -0.25) is 4.99 Å². The summed E-state index contributed by atoms with van der Waals surface area (Å²) in [5, 5.41) is 0. The number of aliphatic imine (C=N–C) groups is 2. The summed E-state index contributed by atoms with van der Waals surface area (Å²) >= 11 is 0. The molecule has 5 nitrogen and oxygen atoms in total. The molecule has 0 aromatic heterocycles. The first kappa shape index (κ1) is 16.5. The van der Waals surface area contributed by atoms with E-state index >= 15 is 0 Å². The van der Waals surface area contributed by atoms with Gasteiger partial charge in [0.2, 0.25) is 5.88 Å². The van der Waals surface area contributed by atoms with Crippen LogP contribution in [0.2, 0.25) is 0 Å². The van der Waals surface area contributed by atoms with Crippen LogP contribution in [0.5, 0.6) is 5.75 Å². The zero-order valence-corrected chi connectivity index (χ0v) is 13.6. The number of ether oxygens (including phenoxy) is 3. The summed E-state index contributed by atoms with van der Waals surface area (Å²) in [5.74, 6) is 2.48. The van der Waals surface area contributed by atoms with Crippen molar-refractivity contribution in [2.45, 2.75) is 13.3 Å². The van der Waals surface area contributed by atoms with Gasteiger partial charge in [-0.1, -0.05) is 12.1 Å². The van der Waals surface area contributed by atoms with Crippen molar-refractivity contribution in [3.8, 4) is 5.75 Å². The molecule has 0 aliphatic heterocycles. The Morgan fingerprint density at radius 2 is 2.00 bits per heavy atom. The van der Waals surface area contributed by atoms with Gasteiger partial charge in [0, 0.05) is 5.57 Å². The minimum absolute atomic E-state index is 0.448. The molecule has 0 atom stereocenters. The Bertz CT molecular complexity index is 700. The Labute approximate surface area is 136 Å². The molecule has 23 heavy (non-hydrogen) atoms. The van der Waals surface area contributed by atoms with Crippen molar-refractivity contribution in [2.24, 2.45) is 9.98 Å². The van der Waals surface area contributed by atoms with Crippen LogP contribution in [-0.4, -0.2) is 27.3 Å². The second-order valence-electron chi connectivity index (χ2n) is 4.87. The number of benzene rings is 1. The predicted molar refractivity (Wildman–Crippen MR) is 91.7 cm³/mol. The maximum Gasteiger partial charge on any atom is 0.224 e. The average Bonchev–Trinajstić information content (AvgIpc) is 2.58. The molecule has 0 bridgehead atoms. The highest BCUT2D eigenvalue weighted by molar-refractivity contribution is 5.63. The van der Waals surface area contributed by atoms with Crippen LogP contribution in [0.25, 0.3) is 0 Å². The highest BCUT2D eigenvalue weighted by atomic mass is 16.5. The van der Waals surface area contributed by atoms with E-state index in [9.17, 15) is 0 Å². The highest BCUT2D eigenvalue weighted by Crippen LogP contribution is 2.27. The van der Waals surface area contributed by atoms with Crippen molar-refractivity contribution in [3.05, 3.63) is 65.0 Å². The van der Waals surface area contributed by atoms with Gasteiger partial charge in [-0.2, -0.15) is 0 Å². The summed E-state index contributed by atoms with van der Waals surface area (Å²) in [6.07, 6.45) is 5.74. The summed E-state index contributed by atoms with van der Waals surface area (Å²) in [4.78, 5) is 7.90. The largest absolute Gasteiger partial charge is 0.493 e. The van der Waals surface area contributed by atoms with Crippen LogP contribution in [0.4, 0.5) is 0 Å². The molecule has 1 aromatic carbocycles. The van der Waals surface area contributed by atoms with Gasteiger partial charge in [0.1, 0.15) is 12.1 Å². The molecule has 5 heteroatoms. The molecule has 0 unspecified atom stereocenters. The Morgan fingerprint density at radius 3 is 2.65 bits per heavy atom. The van der Waals surface area contributed by atoms with Crippen molar-refractivity contribution >= 4 is 13.1 Å². The summed E-state index contributed by atoms with van der Waals surface area (Å²) in [5.41, 5.74) is 1.97. The number of rotatable bonds is 6. The van der Waals surface area contributed by atoms with Gasteiger partial charge in [-0.05, 0) is 49.9 Å². The SMILES string of the molecule is C=N/C=N\C(Oc1cccc(C)c1)=C1\C=C(OC)C(OC)=CC1. The monoisotopic (exact) mass is 312 g/mol. The molecule has 0 heterocycles. The molecular weight excluding hydrogens is 292 g/mol. The van der Waals surface area contributed by atoms with E-state index in [4.69, 9.17) is 14.2 Å². The van der Waals surface area contributed by atoms with E-state index in [0.29, 0.717) is 29.6 Å². The molecule has 1 aliphatic rings. The molecular formula is C18H20N2O3. The number of aryl methyl sites for hydroxylation is 1. The topological polar surface area (TPSA) is 52.4 Å². The molecule has 2 rings (SSSR count). The predicted octanol–water partition coefficient (Wildman–Crippen LogP) is 3.78. The molecule has 0 saturated heterocycles. The molecule has 1 aromatic rings. The van der Waals surface area contributed by atoms with Gasteiger partial charge >= 0.3 is 0 Å². The molecule has 0 radical (unpaired) electrons. The van der Waals surface area contributed by atoms with Crippen molar-refractivity contribution < 1.29 is 14.2 Å². The lowest BCUT2D eigenvalue weighted by atomic mass is 10.1. The maximum absolute atomic E-state index is 5.92. The van der Waals surface area contributed by atoms with E-state index in [1.54, 1.807) is 14.2 Å². The van der Waals surface area contributed by atoms with E-state index < -0.39 is 0 Å². The highest BCUT2D eigenvalue weighted by Gasteiger charge is 2.16. The van der Waals surface area contributed by atoms with Crippen molar-refractivity contribution in [1.29, 1.82) is 0 Å². The average molecular weight is 312 g/mol. The Morgan fingerprint density at radius 1 is 1.22 bits per heavy atom. The molecule has 0 spiro atoms. The summed E-state index contributed by atoms with van der Waals surface area (Å²) < 4.78 is 16.5. The smallest absolute Gasteiger partial charge is 0.224 e. The van der Waals surface area contributed by atoms with Gasteiger partial charge in [0.25, 0.3) is 0 Å². The van der Waals surface area contributed by atoms with Crippen LogP contribution < -0.4 is 4.74 Å². The van der Waals surface area contributed by atoms with Crippen LogP contribution in [0, 0.1) is 6.92 Å². The molecule has 0 N–H and O–H groups in total. The molecule has 1 aliphatic carbocycles. The standard InChI is InChI=1S/C18H20N2O3/c1-13-6-5-7-15(10-13)23-18(20-12-19-2)14-8-9-16(21-3)17(11-14)22-4/h5-7,9-12H,2,8H2,1,3-4H3/b18-14-,20-12-. The van der Waals surface area contributed by atoms with E-state index in [1.165, 1.54) is 6.34 Å². The molecule has 0 saturated carbocycles. The summed E-state index contributed by atoms with van der Waals surface area (Å²) in [6, 6.07) is 7.76. The molecule has 0 fully saturated rings.